The van der Waals surface area contributed by atoms with Crippen molar-refractivity contribution in [3.63, 3.8) is 0 Å². The third-order valence-electron chi connectivity index (χ3n) is 3.98. The summed E-state index contributed by atoms with van der Waals surface area (Å²) in [5.74, 6) is -0.0618. The van der Waals surface area contributed by atoms with Gasteiger partial charge in [0.25, 0.3) is 5.91 Å². The number of nitrogens with two attached hydrogens (primary N) is 1. The molecule has 0 bridgehead atoms. The van der Waals surface area contributed by atoms with Crippen LogP contribution in [0.25, 0.3) is 0 Å². The number of carbonyl (C=O) groups excluding carboxylic acids is 1. The average molecular weight is 305 g/mol. The first-order chi connectivity index (χ1) is 10.1. The van der Waals surface area contributed by atoms with Gasteiger partial charge in [0.2, 0.25) is 0 Å². The number of aromatic nitrogens is 1. The van der Waals surface area contributed by atoms with Crippen LogP contribution >= 0.6 is 11.3 Å². The third kappa shape index (κ3) is 3.95. The van der Waals surface area contributed by atoms with E-state index in [9.17, 15) is 4.79 Å². The molecule has 0 fully saturated rings. The fourth-order valence-corrected chi connectivity index (χ4v) is 2.88. The summed E-state index contributed by atoms with van der Waals surface area (Å²) in [7, 11) is 0. The summed E-state index contributed by atoms with van der Waals surface area (Å²) in [5, 5.41) is 5.01. The van der Waals surface area contributed by atoms with Crippen LogP contribution in [0.15, 0.2) is 35.8 Å². The number of amides is 1. The van der Waals surface area contributed by atoms with E-state index in [-0.39, 0.29) is 11.4 Å². The van der Waals surface area contributed by atoms with Gasteiger partial charge in [0.05, 0.1) is 6.54 Å². The lowest BCUT2D eigenvalue weighted by Crippen LogP contribution is -2.49. The number of nitrogens with zero attached hydrogens (tertiary/aromatic N) is 1. The van der Waals surface area contributed by atoms with Crippen LogP contribution in [-0.4, -0.2) is 22.6 Å². The molecule has 0 aliphatic heterocycles. The maximum atomic E-state index is 12.3. The highest BCUT2D eigenvalue weighted by atomic mass is 32.1. The molecule has 5 heteroatoms. The van der Waals surface area contributed by atoms with Crippen LogP contribution in [-0.2, 0) is 6.54 Å². The van der Waals surface area contributed by atoms with Gasteiger partial charge in [-0.05, 0) is 36.4 Å². The lowest BCUT2D eigenvalue weighted by atomic mass is 9.94. The van der Waals surface area contributed by atoms with Crippen LogP contribution in [0.3, 0.4) is 0 Å². The van der Waals surface area contributed by atoms with E-state index < -0.39 is 0 Å². The summed E-state index contributed by atoms with van der Waals surface area (Å²) in [6, 6.07) is 7.84. The average Bonchev–Trinajstić information content (AvgIpc) is 3.16. The van der Waals surface area contributed by atoms with E-state index in [0.717, 1.165) is 19.4 Å². The number of hydrogen-bond acceptors (Lipinski definition) is 3. The Morgan fingerprint density at radius 2 is 2.10 bits per heavy atom. The molecular formula is C16H23N3OS. The smallest absolute Gasteiger partial charge is 0.267 e. The molecular weight excluding hydrogens is 282 g/mol. The third-order valence-corrected chi connectivity index (χ3v) is 4.84. The fraction of sp³-hybridized carbons (Fsp3) is 0.438. The minimum Gasteiger partial charge on any atom is -0.349 e. The van der Waals surface area contributed by atoms with E-state index in [0.29, 0.717) is 12.2 Å². The van der Waals surface area contributed by atoms with Gasteiger partial charge in [0.1, 0.15) is 5.69 Å². The lowest BCUT2D eigenvalue weighted by molar-refractivity contribution is 0.0933. The standard InChI is InChI=1S/C16H23N3OS/c1-3-16(17,4-2)12-18-15(20)14-8-5-9-19(14)11-13-7-6-10-21-13/h5-10H,3-4,11-12,17H2,1-2H3,(H,18,20). The van der Waals surface area contributed by atoms with Crippen molar-refractivity contribution in [2.24, 2.45) is 5.73 Å². The van der Waals surface area contributed by atoms with Crippen molar-refractivity contribution in [3.8, 4) is 0 Å². The molecule has 0 saturated carbocycles. The zero-order valence-electron chi connectivity index (χ0n) is 12.6. The van der Waals surface area contributed by atoms with Crippen LogP contribution in [0.4, 0.5) is 0 Å². The van der Waals surface area contributed by atoms with Gasteiger partial charge < -0.3 is 15.6 Å². The molecule has 2 rings (SSSR count). The molecule has 0 aromatic carbocycles. The Kier molecular flexibility index (Phi) is 5.20. The number of nitrogens with one attached hydrogen (secondary N) is 1. The molecule has 0 spiro atoms. The van der Waals surface area contributed by atoms with Crippen molar-refractivity contribution in [2.45, 2.75) is 38.8 Å². The van der Waals surface area contributed by atoms with Gasteiger partial charge in [0.15, 0.2) is 0 Å². The first kappa shape index (κ1) is 15.8. The SMILES string of the molecule is CCC(N)(CC)CNC(=O)c1cccn1Cc1cccs1. The van der Waals surface area contributed by atoms with Crippen molar-refractivity contribution in [1.82, 2.24) is 9.88 Å². The van der Waals surface area contributed by atoms with Gasteiger partial charge >= 0.3 is 0 Å². The molecule has 2 heterocycles. The second kappa shape index (κ2) is 6.91. The fourth-order valence-electron chi connectivity index (χ4n) is 2.18. The Hall–Kier alpha value is -1.59. The van der Waals surface area contributed by atoms with Crippen molar-refractivity contribution in [2.75, 3.05) is 6.54 Å². The highest BCUT2D eigenvalue weighted by molar-refractivity contribution is 7.09. The summed E-state index contributed by atoms with van der Waals surface area (Å²) in [6.45, 7) is 5.33. The Morgan fingerprint density at radius 1 is 1.33 bits per heavy atom. The maximum Gasteiger partial charge on any atom is 0.267 e. The highest BCUT2D eigenvalue weighted by Crippen LogP contribution is 2.14. The van der Waals surface area contributed by atoms with Gasteiger partial charge in [-0.25, -0.2) is 0 Å². The van der Waals surface area contributed by atoms with E-state index in [2.05, 4.69) is 25.2 Å². The van der Waals surface area contributed by atoms with Gasteiger partial charge in [0, 0.05) is 23.2 Å². The van der Waals surface area contributed by atoms with Gasteiger partial charge in [-0.1, -0.05) is 19.9 Å². The first-order valence-corrected chi connectivity index (χ1v) is 8.20. The summed E-state index contributed by atoms with van der Waals surface area (Å²) in [5.41, 5.74) is 6.59. The zero-order chi connectivity index (χ0) is 15.3. The first-order valence-electron chi connectivity index (χ1n) is 7.32. The molecule has 0 atom stereocenters. The molecule has 2 aromatic heterocycles. The van der Waals surface area contributed by atoms with E-state index in [1.165, 1.54) is 4.88 Å². The summed E-state index contributed by atoms with van der Waals surface area (Å²) < 4.78 is 1.97. The Balaban J connectivity index is 2.02. The van der Waals surface area contributed by atoms with E-state index >= 15 is 0 Å². The Morgan fingerprint density at radius 3 is 2.71 bits per heavy atom. The summed E-state index contributed by atoms with van der Waals surface area (Å²) >= 11 is 1.69. The maximum absolute atomic E-state index is 12.3. The minimum absolute atomic E-state index is 0.0618. The molecule has 0 unspecified atom stereocenters. The number of rotatable bonds is 7. The van der Waals surface area contributed by atoms with Crippen LogP contribution in [0.5, 0.6) is 0 Å². The summed E-state index contributed by atoms with van der Waals surface area (Å²) in [4.78, 5) is 13.6. The van der Waals surface area contributed by atoms with Gasteiger partial charge in [-0.15, -0.1) is 11.3 Å². The van der Waals surface area contributed by atoms with Crippen molar-refractivity contribution < 1.29 is 4.79 Å². The number of thiophene rings is 1. The van der Waals surface area contributed by atoms with Crippen LogP contribution in [0, 0.1) is 0 Å². The Bertz CT molecular complexity index is 570. The molecule has 2 aromatic rings. The van der Waals surface area contributed by atoms with Crippen molar-refractivity contribution in [3.05, 3.63) is 46.4 Å². The highest BCUT2D eigenvalue weighted by Gasteiger charge is 2.22. The lowest BCUT2D eigenvalue weighted by Gasteiger charge is -2.26. The van der Waals surface area contributed by atoms with Crippen molar-refractivity contribution in [1.29, 1.82) is 0 Å². The molecule has 4 nitrogen and oxygen atoms in total. The van der Waals surface area contributed by atoms with Crippen LogP contribution in [0.1, 0.15) is 42.1 Å². The van der Waals surface area contributed by atoms with Crippen molar-refractivity contribution >= 4 is 17.2 Å². The molecule has 0 aliphatic rings. The predicted octanol–water partition coefficient (Wildman–Crippen LogP) is 2.85. The zero-order valence-corrected chi connectivity index (χ0v) is 13.5. The molecule has 1 amide bonds. The van der Waals surface area contributed by atoms with Crippen LogP contribution in [0.2, 0.25) is 0 Å². The molecule has 3 N–H and O–H groups in total. The quantitative estimate of drug-likeness (QED) is 0.826. The van der Waals surface area contributed by atoms with Gasteiger partial charge in [-0.3, -0.25) is 4.79 Å². The monoisotopic (exact) mass is 305 g/mol. The van der Waals surface area contributed by atoms with E-state index in [4.69, 9.17) is 5.73 Å². The largest absolute Gasteiger partial charge is 0.349 e. The Labute approximate surface area is 130 Å². The molecule has 21 heavy (non-hydrogen) atoms. The second-order valence-corrected chi connectivity index (χ2v) is 6.39. The molecule has 0 saturated heterocycles. The van der Waals surface area contributed by atoms with Gasteiger partial charge in [-0.2, -0.15) is 0 Å². The molecule has 114 valence electrons. The normalized spacial score (nSPS) is 11.6. The molecule has 0 aliphatic carbocycles. The van der Waals surface area contributed by atoms with E-state index in [1.807, 2.05) is 34.3 Å². The number of carbonyl (C=O) groups is 1. The topological polar surface area (TPSA) is 60.0 Å². The predicted molar refractivity (Wildman–Crippen MR) is 87.7 cm³/mol. The molecule has 0 radical (unpaired) electrons. The van der Waals surface area contributed by atoms with Crippen LogP contribution < -0.4 is 11.1 Å². The summed E-state index contributed by atoms with van der Waals surface area (Å²) in [6.07, 6.45) is 3.63. The minimum atomic E-state index is -0.319. The van der Waals surface area contributed by atoms with E-state index in [1.54, 1.807) is 11.3 Å². The number of hydrogen-bond donors (Lipinski definition) is 2. The second-order valence-electron chi connectivity index (χ2n) is 5.35.